The second-order valence-corrected chi connectivity index (χ2v) is 6.17. The van der Waals surface area contributed by atoms with Gasteiger partial charge in [0.1, 0.15) is 0 Å². The Hall–Kier alpha value is -0.510. The minimum atomic E-state index is 0.896. The fourth-order valence-corrected chi connectivity index (χ4v) is 3.45. The fourth-order valence-electron chi connectivity index (χ4n) is 2.51. The zero-order valence-electron chi connectivity index (χ0n) is 11.3. The quantitative estimate of drug-likeness (QED) is 0.795. The first kappa shape index (κ1) is 13.9. The monoisotopic (exact) mass is 264 g/mol. The molecule has 1 saturated heterocycles. The zero-order chi connectivity index (χ0) is 12.6. The van der Waals surface area contributed by atoms with Crippen LogP contribution >= 0.6 is 11.8 Å². The van der Waals surface area contributed by atoms with Gasteiger partial charge in [0.05, 0.1) is 0 Å². The van der Waals surface area contributed by atoms with Crippen molar-refractivity contribution in [1.29, 1.82) is 0 Å². The number of likely N-dealkylation sites (tertiary alicyclic amines) is 1. The normalized spacial score (nSPS) is 18.1. The molecule has 0 atom stereocenters. The highest BCUT2D eigenvalue weighted by atomic mass is 32.2. The molecule has 0 bridgehead atoms. The molecule has 0 saturated carbocycles. The van der Waals surface area contributed by atoms with E-state index in [-0.39, 0.29) is 0 Å². The summed E-state index contributed by atoms with van der Waals surface area (Å²) in [5.41, 5.74) is 0. The van der Waals surface area contributed by atoms with Crippen molar-refractivity contribution in [3.05, 3.63) is 30.3 Å². The molecule has 0 unspecified atom stereocenters. The number of thioether (sulfide) groups is 1. The van der Waals surface area contributed by atoms with Crippen LogP contribution < -0.4 is 5.32 Å². The van der Waals surface area contributed by atoms with Crippen LogP contribution in [0.15, 0.2) is 35.2 Å². The standard InChI is InChI=1S/C15H24N2S/c1-16-13-14-7-9-17(10-8-14)11-12-18-15-5-3-2-4-6-15/h2-6,14,16H,7-13H2,1H3. The van der Waals surface area contributed by atoms with E-state index in [4.69, 9.17) is 0 Å². The summed E-state index contributed by atoms with van der Waals surface area (Å²) in [4.78, 5) is 4.00. The Labute approximate surface area is 115 Å². The van der Waals surface area contributed by atoms with Crippen molar-refractivity contribution in [3.63, 3.8) is 0 Å². The lowest BCUT2D eigenvalue weighted by atomic mass is 9.97. The minimum absolute atomic E-state index is 0.896. The maximum absolute atomic E-state index is 3.29. The van der Waals surface area contributed by atoms with Gasteiger partial charge in [-0.05, 0) is 57.6 Å². The smallest absolute Gasteiger partial charge is 0.0108 e. The van der Waals surface area contributed by atoms with Gasteiger partial charge >= 0.3 is 0 Å². The van der Waals surface area contributed by atoms with Gasteiger partial charge in [-0.1, -0.05) is 18.2 Å². The summed E-state index contributed by atoms with van der Waals surface area (Å²) in [7, 11) is 2.06. The highest BCUT2D eigenvalue weighted by Crippen LogP contribution is 2.19. The van der Waals surface area contributed by atoms with Crippen LogP contribution in [0, 0.1) is 5.92 Å². The molecule has 1 aromatic carbocycles. The van der Waals surface area contributed by atoms with Crippen molar-refractivity contribution < 1.29 is 0 Å². The van der Waals surface area contributed by atoms with E-state index >= 15 is 0 Å². The molecular formula is C15H24N2S. The number of hydrogen-bond acceptors (Lipinski definition) is 3. The van der Waals surface area contributed by atoms with Gasteiger partial charge in [-0.15, -0.1) is 11.8 Å². The summed E-state index contributed by atoms with van der Waals surface area (Å²) < 4.78 is 0. The predicted octanol–water partition coefficient (Wildman–Crippen LogP) is 2.71. The summed E-state index contributed by atoms with van der Waals surface area (Å²) >= 11 is 1.97. The van der Waals surface area contributed by atoms with Crippen LogP contribution in [0.25, 0.3) is 0 Å². The van der Waals surface area contributed by atoms with E-state index in [1.165, 1.54) is 49.7 Å². The first-order chi connectivity index (χ1) is 8.88. The molecule has 0 spiro atoms. The number of hydrogen-bond donors (Lipinski definition) is 1. The fraction of sp³-hybridized carbons (Fsp3) is 0.600. The van der Waals surface area contributed by atoms with Crippen molar-refractivity contribution in [2.45, 2.75) is 17.7 Å². The van der Waals surface area contributed by atoms with Crippen molar-refractivity contribution in [2.75, 3.05) is 39.0 Å². The number of nitrogens with one attached hydrogen (secondary N) is 1. The molecule has 1 aliphatic heterocycles. The summed E-state index contributed by atoms with van der Waals surface area (Å²) in [6.45, 7) is 4.97. The Kier molecular flexibility index (Phi) is 6.05. The van der Waals surface area contributed by atoms with E-state index in [1.54, 1.807) is 0 Å². The van der Waals surface area contributed by atoms with Gasteiger partial charge < -0.3 is 10.2 Å². The summed E-state index contributed by atoms with van der Waals surface area (Å²) in [6.07, 6.45) is 2.72. The molecule has 100 valence electrons. The lowest BCUT2D eigenvalue weighted by Gasteiger charge is -2.31. The summed E-state index contributed by atoms with van der Waals surface area (Å²) in [5.74, 6) is 2.11. The van der Waals surface area contributed by atoms with Crippen LogP contribution in [0.5, 0.6) is 0 Å². The van der Waals surface area contributed by atoms with Crippen molar-refractivity contribution in [3.8, 4) is 0 Å². The number of piperidine rings is 1. The lowest BCUT2D eigenvalue weighted by molar-refractivity contribution is 0.193. The molecule has 0 aromatic heterocycles. The van der Waals surface area contributed by atoms with Crippen LogP contribution in [0.4, 0.5) is 0 Å². The SMILES string of the molecule is CNCC1CCN(CCSc2ccccc2)CC1. The number of rotatable bonds is 6. The average molecular weight is 264 g/mol. The van der Waals surface area contributed by atoms with Crippen LogP contribution in [0.1, 0.15) is 12.8 Å². The minimum Gasteiger partial charge on any atom is -0.319 e. The number of nitrogens with zero attached hydrogens (tertiary/aromatic N) is 1. The predicted molar refractivity (Wildman–Crippen MR) is 80.3 cm³/mol. The van der Waals surface area contributed by atoms with Crippen molar-refractivity contribution in [2.24, 2.45) is 5.92 Å². The van der Waals surface area contributed by atoms with Gasteiger partial charge in [0.2, 0.25) is 0 Å². The largest absolute Gasteiger partial charge is 0.319 e. The van der Waals surface area contributed by atoms with Gasteiger partial charge in [-0.2, -0.15) is 0 Å². The maximum Gasteiger partial charge on any atom is 0.0108 e. The Balaban J connectivity index is 1.61. The molecule has 2 rings (SSSR count). The third kappa shape index (κ3) is 4.63. The molecule has 0 amide bonds. The molecule has 3 heteroatoms. The summed E-state index contributed by atoms with van der Waals surface area (Å²) in [6, 6.07) is 10.7. The number of benzene rings is 1. The van der Waals surface area contributed by atoms with Crippen LogP contribution in [0.2, 0.25) is 0 Å². The van der Waals surface area contributed by atoms with E-state index in [9.17, 15) is 0 Å². The van der Waals surface area contributed by atoms with E-state index in [0.29, 0.717) is 0 Å². The van der Waals surface area contributed by atoms with E-state index < -0.39 is 0 Å². The Morgan fingerprint density at radius 2 is 1.94 bits per heavy atom. The topological polar surface area (TPSA) is 15.3 Å². The van der Waals surface area contributed by atoms with E-state index in [0.717, 1.165) is 5.92 Å². The first-order valence-corrected chi connectivity index (χ1v) is 7.92. The Bertz CT molecular complexity index is 321. The third-order valence-corrected chi connectivity index (χ3v) is 4.61. The molecule has 1 heterocycles. The second-order valence-electron chi connectivity index (χ2n) is 5.00. The Morgan fingerprint density at radius 1 is 1.22 bits per heavy atom. The van der Waals surface area contributed by atoms with Gasteiger partial charge in [0.15, 0.2) is 0 Å². The van der Waals surface area contributed by atoms with Gasteiger partial charge in [0.25, 0.3) is 0 Å². The molecular weight excluding hydrogens is 240 g/mol. The lowest BCUT2D eigenvalue weighted by Crippen LogP contribution is -2.37. The van der Waals surface area contributed by atoms with Gasteiger partial charge in [-0.3, -0.25) is 0 Å². The molecule has 2 nitrogen and oxygen atoms in total. The van der Waals surface area contributed by atoms with Crippen molar-refractivity contribution in [1.82, 2.24) is 10.2 Å². The molecule has 1 N–H and O–H groups in total. The van der Waals surface area contributed by atoms with Gasteiger partial charge in [0, 0.05) is 17.2 Å². The van der Waals surface area contributed by atoms with Crippen molar-refractivity contribution >= 4 is 11.8 Å². The third-order valence-electron chi connectivity index (χ3n) is 3.62. The molecule has 1 aromatic rings. The first-order valence-electron chi connectivity index (χ1n) is 6.93. The molecule has 0 radical (unpaired) electrons. The molecule has 1 fully saturated rings. The average Bonchev–Trinajstić information content (AvgIpc) is 2.42. The Morgan fingerprint density at radius 3 is 2.61 bits per heavy atom. The van der Waals surface area contributed by atoms with Crippen LogP contribution in [-0.4, -0.2) is 43.9 Å². The maximum atomic E-state index is 3.29. The second kappa shape index (κ2) is 7.82. The van der Waals surface area contributed by atoms with Gasteiger partial charge in [-0.25, -0.2) is 0 Å². The zero-order valence-corrected chi connectivity index (χ0v) is 12.1. The van der Waals surface area contributed by atoms with Crippen LogP contribution in [-0.2, 0) is 0 Å². The molecule has 1 aliphatic rings. The summed E-state index contributed by atoms with van der Waals surface area (Å²) in [5, 5.41) is 3.29. The van der Waals surface area contributed by atoms with E-state index in [2.05, 4.69) is 47.6 Å². The van der Waals surface area contributed by atoms with Crippen LogP contribution in [0.3, 0.4) is 0 Å². The highest BCUT2D eigenvalue weighted by Gasteiger charge is 2.17. The van der Waals surface area contributed by atoms with E-state index in [1.807, 2.05) is 11.8 Å². The molecule has 0 aliphatic carbocycles. The molecule has 18 heavy (non-hydrogen) atoms. The highest BCUT2D eigenvalue weighted by molar-refractivity contribution is 7.99.